The SMILES string of the molecule is CN(C[C@@H](O)c1ccc(F)cc1)c1ccc(C#N)cn1. The highest BCUT2D eigenvalue weighted by Crippen LogP contribution is 2.17. The van der Waals surface area contributed by atoms with Crippen LogP contribution in [0.5, 0.6) is 0 Å². The zero-order valence-electron chi connectivity index (χ0n) is 11.0. The van der Waals surface area contributed by atoms with Gasteiger partial charge in [0.05, 0.1) is 11.7 Å². The van der Waals surface area contributed by atoms with Gasteiger partial charge in [0.25, 0.3) is 0 Å². The van der Waals surface area contributed by atoms with Gasteiger partial charge < -0.3 is 10.0 Å². The number of aliphatic hydroxyl groups is 1. The highest BCUT2D eigenvalue weighted by atomic mass is 19.1. The summed E-state index contributed by atoms with van der Waals surface area (Å²) in [5.41, 5.74) is 1.13. The molecule has 0 fully saturated rings. The molecule has 1 aromatic carbocycles. The lowest BCUT2D eigenvalue weighted by atomic mass is 10.1. The van der Waals surface area contributed by atoms with Gasteiger partial charge in [0, 0.05) is 19.8 Å². The van der Waals surface area contributed by atoms with Crippen molar-refractivity contribution in [2.45, 2.75) is 6.10 Å². The van der Waals surface area contributed by atoms with E-state index in [9.17, 15) is 9.50 Å². The molecule has 0 amide bonds. The Bertz CT molecular complexity index is 605. The largest absolute Gasteiger partial charge is 0.387 e. The molecule has 1 heterocycles. The van der Waals surface area contributed by atoms with Crippen LogP contribution in [0.15, 0.2) is 42.6 Å². The smallest absolute Gasteiger partial charge is 0.128 e. The van der Waals surface area contributed by atoms with E-state index < -0.39 is 6.10 Å². The highest BCUT2D eigenvalue weighted by molar-refractivity contribution is 5.41. The Morgan fingerprint density at radius 3 is 2.55 bits per heavy atom. The van der Waals surface area contributed by atoms with Crippen LogP contribution < -0.4 is 4.90 Å². The Labute approximate surface area is 116 Å². The summed E-state index contributed by atoms with van der Waals surface area (Å²) in [6.45, 7) is 0.324. The third-order valence-electron chi connectivity index (χ3n) is 2.97. The van der Waals surface area contributed by atoms with Gasteiger partial charge in [0.2, 0.25) is 0 Å². The molecule has 0 unspecified atom stereocenters. The molecule has 0 radical (unpaired) electrons. The summed E-state index contributed by atoms with van der Waals surface area (Å²) < 4.78 is 12.8. The van der Waals surface area contributed by atoms with E-state index in [0.717, 1.165) is 0 Å². The van der Waals surface area contributed by atoms with E-state index in [0.29, 0.717) is 23.5 Å². The van der Waals surface area contributed by atoms with Gasteiger partial charge >= 0.3 is 0 Å². The van der Waals surface area contributed by atoms with Crippen molar-refractivity contribution in [2.24, 2.45) is 0 Å². The van der Waals surface area contributed by atoms with Crippen LogP contribution in [-0.4, -0.2) is 23.7 Å². The molecule has 0 spiro atoms. The molecule has 4 nitrogen and oxygen atoms in total. The monoisotopic (exact) mass is 271 g/mol. The first-order chi connectivity index (χ1) is 9.60. The van der Waals surface area contributed by atoms with E-state index in [2.05, 4.69) is 4.98 Å². The van der Waals surface area contributed by atoms with Crippen molar-refractivity contribution in [3.8, 4) is 6.07 Å². The highest BCUT2D eigenvalue weighted by Gasteiger charge is 2.12. The number of rotatable bonds is 4. The summed E-state index contributed by atoms with van der Waals surface area (Å²) in [5, 5.41) is 18.8. The third kappa shape index (κ3) is 3.31. The van der Waals surface area contributed by atoms with Crippen LogP contribution in [0.4, 0.5) is 10.2 Å². The lowest BCUT2D eigenvalue weighted by molar-refractivity contribution is 0.184. The number of benzene rings is 1. The van der Waals surface area contributed by atoms with Gasteiger partial charge in [-0.25, -0.2) is 9.37 Å². The Kier molecular flexibility index (Phi) is 4.28. The normalized spacial score (nSPS) is 11.7. The number of nitriles is 1. The van der Waals surface area contributed by atoms with Crippen molar-refractivity contribution in [2.75, 3.05) is 18.5 Å². The molecule has 1 aromatic heterocycles. The van der Waals surface area contributed by atoms with Crippen LogP contribution in [0.2, 0.25) is 0 Å². The molecule has 5 heteroatoms. The van der Waals surface area contributed by atoms with Crippen LogP contribution in [-0.2, 0) is 0 Å². The van der Waals surface area contributed by atoms with Gasteiger partial charge in [-0.05, 0) is 29.8 Å². The fourth-order valence-corrected chi connectivity index (χ4v) is 1.82. The van der Waals surface area contributed by atoms with E-state index >= 15 is 0 Å². The lowest BCUT2D eigenvalue weighted by Gasteiger charge is -2.22. The number of pyridine rings is 1. The molecule has 0 aliphatic heterocycles. The lowest BCUT2D eigenvalue weighted by Crippen LogP contribution is -2.24. The van der Waals surface area contributed by atoms with Crippen molar-refractivity contribution >= 4 is 5.82 Å². The minimum Gasteiger partial charge on any atom is -0.387 e. The molecular weight excluding hydrogens is 257 g/mol. The summed E-state index contributed by atoms with van der Waals surface area (Å²) in [6.07, 6.45) is 0.744. The quantitative estimate of drug-likeness (QED) is 0.926. The Morgan fingerprint density at radius 2 is 2.00 bits per heavy atom. The van der Waals surface area contributed by atoms with Crippen LogP contribution in [0.1, 0.15) is 17.2 Å². The first-order valence-corrected chi connectivity index (χ1v) is 6.11. The van der Waals surface area contributed by atoms with Gasteiger partial charge in [-0.3, -0.25) is 0 Å². The Morgan fingerprint density at radius 1 is 1.30 bits per heavy atom. The summed E-state index contributed by atoms with van der Waals surface area (Å²) in [5.74, 6) is 0.327. The molecular formula is C15H14FN3O. The molecule has 0 bridgehead atoms. The average molecular weight is 271 g/mol. The molecule has 0 aliphatic carbocycles. The van der Waals surface area contributed by atoms with Crippen molar-refractivity contribution in [1.29, 1.82) is 5.26 Å². The molecule has 0 saturated heterocycles. The maximum absolute atomic E-state index is 12.8. The minimum atomic E-state index is -0.738. The maximum Gasteiger partial charge on any atom is 0.128 e. The van der Waals surface area contributed by atoms with E-state index in [1.54, 1.807) is 36.2 Å². The van der Waals surface area contributed by atoms with Crippen molar-refractivity contribution in [3.63, 3.8) is 0 Å². The summed E-state index contributed by atoms with van der Waals surface area (Å²) in [4.78, 5) is 5.92. The Hall–Kier alpha value is -2.45. The maximum atomic E-state index is 12.8. The van der Waals surface area contributed by atoms with Crippen LogP contribution in [0.3, 0.4) is 0 Å². The third-order valence-corrected chi connectivity index (χ3v) is 2.97. The van der Waals surface area contributed by atoms with Gasteiger partial charge in [-0.1, -0.05) is 12.1 Å². The number of aromatic nitrogens is 1. The molecule has 0 saturated carbocycles. The predicted molar refractivity (Wildman–Crippen MR) is 73.6 cm³/mol. The van der Waals surface area contributed by atoms with Crippen molar-refractivity contribution in [3.05, 3.63) is 59.5 Å². The second-order valence-electron chi connectivity index (χ2n) is 4.46. The molecule has 1 N–H and O–H groups in total. The molecule has 2 aromatic rings. The standard InChI is InChI=1S/C15H14FN3O/c1-19(15-7-2-11(8-17)9-18-15)10-14(20)12-3-5-13(16)6-4-12/h2-7,9,14,20H,10H2,1H3/t14-/m1/s1. The second kappa shape index (κ2) is 6.13. The predicted octanol–water partition coefficient (Wildman–Crippen LogP) is 2.26. The number of halogens is 1. The van der Waals surface area contributed by atoms with Crippen LogP contribution in [0.25, 0.3) is 0 Å². The van der Waals surface area contributed by atoms with Gasteiger partial charge in [0.15, 0.2) is 0 Å². The molecule has 0 aliphatic rings. The zero-order valence-corrected chi connectivity index (χ0v) is 11.0. The van der Waals surface area contributed by atoms with E-state index in [4.69, 9.17) is 5.26 Å². The fourth-order valence-electron chi connectivity index (χ4n) is 1.82. The minimum absolute atomic E-state index is 0.324. The van der Waals surface area contributed by atoms with Gasteiger partial charge in [-0.15, -0.1) is 0 Å². The van der Waals surface area contributed by atoms with Gasteiger partial charge in [0.1, 0.15) is 17.7 Å². The van der Waals surface area contributed by atoms with E-state index in [-0.39, 0.29) is 5.82 Å². The average Bonchev–Trinajstić information content (AvgIpc) is 2.48. The number of nitrogens with zero attached hydrogens (tertiary/aromatic N) is 3. The molecule has 20 heavy (non-hydrogen) atoms. The number of anilines is 1. The number of likely N-dealkylation sites (N-methyl/N-ethyl adjacent to an activating group) is 1. The number of aliphatic hydroxyl groups excluding tert-OH is 1. The second-order valence-corrected chi connectivity index (χ2v) is 4.46. The first-order valence-electron chi connectivity index (χ1n) is 6.11. The molecule has 1 atom stereocenters. The molecule has 102 valence electrons. The Balaban J connectivity index is 2.04. The van der Waals surface area contributed by atoms with Gasteiger partial charge in [-0.2, -0.15) is 5.26 Å². The van der Waals surface area contributed by atoms with Crippen LogP contribution in [0, 0.1) is 17.1 Å². The number of hydrogen-bond donors (Lipinski definition) is 1. The fraction of sp³-hybridized carbons (Fsp3) is 0.200. The van der Waals surface area contributed by atoms with E-state index in [1.807, 2.05) is 6.07 Å². The zero-order chi connectivity index (χ0) is 14.5. The first kappa shape index (κ1) is 14.0. The summed E-state index contributed by atoms with van der Waals surface area (Å²) in [7, 11) is 1.79. The topological polar surface area (TPSA) is 60.1 Å². The number of hydrogen-bond acceptors (Lipinski definition) is 4. The van der Waals surface area contributed by atoms with E-state index in [1.165, 1.54) is 18.3 Å². The summed E-state index contributed by atoms with van der Waals surface area (Å²) in [6, 6.07) is 11.1. The molecule has 2 rings (SSSR count). The van der Waals surface area contributed by atoms with Crippen LogP contribution >= 0.6 is 0 Å². The van der Waals surface area contributed by atoms with Crippen molar-refractivity contribution < 1.29 is 9.50 Å². The summed E-state index contributed by atoms with van der Waals surface area (Å²) >= 11 is 0. The van der Waals surface area contributed by atoms with Crippen molar-refractivity contribution in [1.82, 2.24) is 4.98 Å².